The highest BCUT2D eigenvalue weighted by Gasteiger charge is 2.45. The van der Waals surface area contributed by atoms with Crippen molar-refractivity contribution in [3.8, 4) is 0 Å². The Morgan fingerprint density at radius 3 is 2.62 bits per heavy atom. The number of hydrogen-bond acceptors (Lipinski definition) is 3. The molecule has 1 N–H and O–H groups in total. The van der Waals surface area contributed by atoms with Gasteiger partial charge in [-0.2, -0.15) is 0 Å². The molecular formula is C22H27N2O2+. The van der Waals surface area contributed by atoms with Crippen LogP contribution in [0.25, 0.3) is 0 Å². The minimum atomic E-state index is -0.247. The van der Waals surface area contributed by atoms with E-state index in [1.54, 1.807) is 4.90 Å². The molecule has 2 fully saturated rings. The third-order valence-corrected chi connectivity index (χ3v) is 5.70. The molecule has 0 spiro atoms. The molecule has 0 aliphatic carbocycles. The lowest BCUT2D eigenvalue weighted by Crippen LogP contribution is -3.15. The first-order valence-corrected chi connectivity index (χ1v) is 9.72. The fourth-order valence-corrected chi connectivity index (χ4v) is 4.51. The van der Waals surface area contributed by atoms with Crippen LogP contribution in [0.3, 0.4) is 0 Å². The minimum absolute atomic E-state index is 0.247. The Balaban J connectivity index is 1.64. The third kappa shape index (κ3) is 3.21. The van der Waals surface area contributed by atoms with E-state index in [0.717, 1.165) is 6.54 Å². The number of piperidine rings is 1. The molecule has 2 aromatic rings. The average Bonchev–Trinajstić information content (AvgIpc) is 3.08. The molecule has 0 bridgehead atoms. The van der Waals surface area contributed by atoms with E-state index in [-0.39, 0.29) is 5.97 Å². The number of benzene rings is 2. The second-order valence-electron chi connectivity index (χ2n) is 7.25. The van der Waals surface area contributed by atoms with E-state index in [1.165, 1.54) is 37.1 Å². The Bertz CT molecular complexity index is 744. The maximum atomic E-state index is 11.9. The summed E-state index contributed by atoms with van der Waals surface area (Å²) in [4.78, 5) is 16.1. The molecule has 26 heavy (non-hydrogen) atoms. The quantitative estimate of drug-likeness (QED) is 0.860. The van der Waals surface area contributed by atoms with Crippen LogP contribution in [0.5, 0.6) is 0 Å². The Kier molecular flexibility index (Phi) is 4.93. The van der Waals surface area contributed by atoms with Gasteiger partial charge in [-0.05, 0) is 44.0 Å². The van der Waals surface area contributed by atoms with Gasteiger partial charge < -0.3 is 14.5 Å². The van der Waals surface area contributed by atoms with Gasteiger partial charge >= 0.3 is 5.97 Å². The zero-order valence-corrected chi connectivity index (χ0v) is 15.4. The summed E-state index contributed by atoms with van der Waals surface area (Å²) in [6.07, 6.45) is 4.31. The number of fused-ring (bicyclic) bond motifs is 1. The zero-order chi connectivity index (χ0) is 17.9. The average molecular weight is 351 g/mol. The van der Waals surface area contributed by atoms with Crippen LogP contribution in [0, 0.1) is 0 Å². The molecule has 2 heterocycles. The summed E-state index contributed by atoms with van der Waals surface area (Å²) in [5, 5.41) is 0. The summed E-state index contributed by atoms with van der Waals surface area (Å²) in [6.45, 7) is 4.55. The highest BCUT2D eigenvalue weighted by Crippen LogP contribution is 2.29. The molecule has 4 heteroatoms. The number of hydrogen-bond donors (Lipinski definition) is 1. The number of carbonyl (C=O) groups is 1. The molecule has 4 rings (SSSR count). The zero-order valence-electron chi connectivity index (χ0n) is 15.4. The summed E-state index contributed by atoms with van der Waals surface area (Å²) in [5.74, 6) is -0.247. The molecule has 2 aliphatic rings. The van der Waals surface area contributed by atoms with Gasteiger partial charge in [-0.15, -0.1) is 0 Å². The third-order valence-electron chi connectivity index (χ3n) is 5.70. The maximum Gasteiger partial charge on any atom is 0.338 e. The summed E-state index contributed by atoms with van der Waals surface area (Å²) in [5.41, 5.74) is 3.19. The number of quaternary nitrogens is 1. The van der Waals surface area contributed by atoms with Gasteiger partial charge in [-0.25, -0.2) is 4.79 Å². The van der Waals surface area contributed by atoms with E-state index in [0.29, 0.717) is 24.4 Å². The van der Waals surface area contributed by atoms with Crippen LogP contribution in [-0.4, -0.2) is 31.7 Å². The predicted molar refractivity (Wildman–Crippen MR) is 102 cm³/mol. The molecule has 136 valence electrons. The van der Waals surface area contributed by atoms with Gasteiger partial charge in [0.05, 0.1) is 25.3 Å². The number of carbonyl (C=O) groups excluding carboxylic acids is 1. The van der Waals surface area contributed by atoms with Crippen molar-refractivity contribution in [3.63, 3.8) is 0 Å². The van der Waals surface area contributed by atoms with E-state index >= 15 is 0 Å². The second-order valence-corrected chi connectivity index (χ2v) is 7.25. The molecule has 0 amide bonds. The van der Waals surface area contributed by atoms with Crippen molar-refractivity contribution in [1.82, 2.24) is 0 Å². The first kappa shape index (κ1) is 17.1. The first-order valence-electron chi connectivity index (χ1n) is 9.72. The number of anilines is 1. The molecule has 2 aromatic carbocycles. The summed E-state index contributed by atoms with van der Waals surface area (Å²) >= 11 is 0. The lowest BCUT2D eigenvalue weighted by Gasteiger charge is -2.32. The fourth-order valence-electron chi connectivity index (χ4n) is 4.51. The lowest BCUT2D eigenvalue weighted by atomic mass is 10.0. The van der Waals surface area contributed by atoms with Gasteiger partial charge in [0.15, 0.2) is 6.17 Å². The van der Waals surface area contributed by atoms with Gasteiger partial charge in [0, 0.05) is 17.7 Å². The van der Waals surface area contributed by atoms with Crippen molar-refractivity contribution in [2.75, 3.05) is 24.6 Å². The van der Waals surface area contributed by atoms with Gasteiger partial charge in [0.2, 0.25) is 0 Å². The van der Waals surface area contributed by atoms with E-state index in [4.69, 9.17) is 4.74 Å². The molecule has 2 aliphatic heterocycles. The SMILES string of the molecule is CCOC(=O)c1ccc(N2C[C@@H]3CCCC[NH+]3[C@H]2c2ccccc2)cc1. The standard InChI is InChI=1S/C22H26N2O2/c1-2-26-22(25)18-11-13-19(14-12-18)24-16-20-10-6-7-15-23(20)21(24)17-8-4-3-5-9-17/h3-5,8-9,11-14,20-21H,2,6-7,10,15-16H2,1H3/p+1/t20-,21+/m0/s1. The van der Waals surface area contributed by atoms with E-state index in [2.05, 4.69) is 47.4 Å². The first-order chi connectivity index (χ1) is 12.8. The number of nitrogens with zero attached hydrogens (tertiary/aromatic N) is 1. The smallest absolute Gasteiger partial charge is 0.338 e. The Labute approximate surface area is 155 Å². The van der Waals surface area contributed by atoms with Gasteiger partial charge in [-0.1, -0.05) is 30.3 Å². The monoisotopic (exact) mass is 351 g/mol. The molecule has 2 saturated heterocycles. The maximum absolute atomic E-state index is 11.9. The van der Waals surface area contributed by atoms with Crippen LogP contribution in [0.15, 0.2) is 54.6 Å². The molecule has 0 radical (unpaired) electrons. The highest BCUT2D eigenvalue weighted by atomic mass is 16.5. The van der Waals surface area contributed by atoms with Crippen molar-refractivity contribution in [2.24, 2.45) is 0 Å². The van der Waals surface area contributed by atoms with E-state index in [1.807, 2.05) is 19.1 Å². The van der Waals surface area contributed by atoms with Crippen LogP contribution < -0.4 is 9.80 Å². The summed E-state index contributed by atoms with van der Waals surface area (Å²) in [6, 6.07) is 19.5. The molecule has 4 nitrogen and oxygen atoms in total. The van der Waals surface area contributed by atoms with Crippen LogP contribution >= 0.6 is 0 Å². The van der Waals surface area contributed by atoms with Gasteiger partial charge in [0.1, 0.15) is 6.04 Å². The summed E-state index contributed by atoms with van der Waals surface area (Å²) in [7, 11) is 0. The van der Waals surface area contributed by atoms with Gasteiger partial charge in [-0.3, -0.25) is 0 Å². The molecule has 0 saturated carbocycles. The Morgan fingerprint density at radius 1 is 1.12 bits per heavy atom. The number of rotatable bonds is 4. The normalized spacial score (nSPS) is 25.0. The van der Waals surface area contributed by atoms with Gasteiger partial charge in [0.25, 0.3) is 0 Å². The number of ether oxygens (including phenoxy) is 1. The lowest BCUT2D eigenvalue weighted by molar-refractivity contribution is -0.945. The van der Waals surface area contributed by atoms with Crippen LogP contribution in [0.2, 0.25) is 0 Å². The van der Waals surface area contributed by atoms with Crippen LogP contribution in [-0.2, 0) is 4.74 Å². The molecule has 1 unspecified atom stereocenters. The molecule has 0 aromatic heterocycles. The van der Waals surface area contributed by atoms with Crippen LogP contribution in [0.4, 0.5) is 5.69 Å². The summed E-state index contributed by atoms with van der Waals surface area (Å²) < 4.78 is 5.10. The van der Waals surface area contributed by atoms with Crippen molar-refractivity contribution in [3.05, 3.63) is 65.7 Å². The van der Waals surface area contributed by atoms with E-state index < -0.39 is 0 Å². The predicted octanol–water partition coefficient (Wildman–Crippen LogP) is 2.82. The number of esters is 1. The Hall–Kier alpha value is -2.33. The molecule has 3 atom stereocenters. The van der Waals surface area contributed by atoms with Crippen molar-refractivity contribution < 1.29 is 14.4 Å². The van der Waals surface area contributed by atoms with Crippen molar-refractivity contribution in [2.45, 2.75) is 38.4 Å². The minimum Gasteiger partial charge on any atom is -0.462 e. The Morgan fingerprint density at radius 2 is 1.88 bits per heavy atom. The van der Waals surface area contributed by atoms with E-state index in [9.17, 15) is 4.79 Å². The topological polar surface area (TPSA) is 34.0 Å². The van der Waals surface area contributed by atoms with Crippen LogP contribution in [0.1, 0.15) is 48.3 Å². The number of nitrogens with one attached hydrogen (secondary N) is 1. The molecular weight excluding hydrogens is 324 g/mol. The largest absolute Gasteiger partial charge is 0.462 e. The van der Waals surface area contributed by atoms with Crippen molar-refractivity contribution in [1.29, 1.82) is 0 Å². The van der Waals surface area contributed by atoms with Crippen molar-refractivity contribution >= 4 is 11.7 Å². The fraction of sp³-hybridized carbons (Fsp3) is 0.409. The highest BCUT2D eigenvalue weighted by molar-refractivity contribution is 5.89. The second kappa shape index (κ2) is 7.50.